The fraction of sp³-hybridized carbons (Fsp3) is 0.500. The van der Waals surface area contributed by atoms with E-state index in [0.717, 1.165) is 36.8 Å². The number of guanidine groups is 1. The van der Waals surface area contributed by atoms with Crippen LogP contribution in [0.2, 0.25) is 0 Å². The molecule has 168 valence electrons. The Balaban J connectivity index is 1.39. The molecular weight excluding hydrogens is 390 g/mol. The minimum Gasteiger partial charge on any atom is -0.467 e. The van der Waals surface area contributed by atoms with Crippen LogP contribution in [0.1, 0.15) is 54.3 Å². The van der Waals surface area contributed by atoms with Gasteiger partial charge in [0.25, 0.3) is 5.91 Å². The molecule has 2 heterocycles. The summed E-state index contributed by atoms with van der Waals surface area (Å²) in [5, 5.41) is 9.60. The molecule has 2 aromatic rings. The first-order valence-corrected chi connectivity index (χ1v) is 11.2. The maximum absolute atomic E-state index is 12.4. The van der Waals surface area contributed by atoms with Crippen LogP contribution in [-0.4, -0.2) is 49.5 Å². The zero-order chi connectivity index (χ0) is 21.9. The molecule has 1 amide bonds. The summed E-state index contributed by atoms with van der Waals surface area (Å²) in [4.78, 5) is 19.3. The number of nitrogens with one attached hydrogen (secondary N) is 3. The molecule has 0 radical (unpaired) electrons. The van der Waals surface area contributed by atoms with Crippen molar-refractivity contribution in [2.75, 3.05) is 26.7 Å². The van der Waals surface area contributed by atoms with E-state index in [1.807, 2.05) is 36.4 Å². The van der Waals surface area contributed by atoms with Crippen LogP contribution in [0.25, 0.3) is 0 Å². The monoisotopic (exact) mass is 425 g/mol. The lowest BCUT2D eigenvalue weighted by Crippen LogP contribution is -2.41. The van der Waals surface area contributed by atoms with Crippen LogP contribution in [0, 0.1) is 0 Å². The first-order chi connectivity index (χ1) is 15.2. The molecule has 7 heteroatoms. The lowest BCUT2D eigenvalue weighted by atomic mass is 10.0. The number of hydrogen-bond donors (Lipinski definition) is 3. The van der Waals surface area contributed by atoms with Gasteiger partial charge in [-0.3, -0.25) is 9.79 Å². The minimum atomic E-state index is -0.118. The molecule has 0 spiro atoms. The standard InChI is InChI=1S/C24H35N5O2/c1-19-8-3-4-13-29(19)14-7-12-26-24(25-2)28-17-20-9-5-10-21(16-20)23(30)27-18-22-11-6-15-31-22/h5-6,9-11,15-16,19H,3-4,7-8,12-14,17-18H2,1-2H3,(H,27,30)(H2,25,26,28). The summed E-state index contributed by atoms with van der Waals surface area (Å²) in [6.45, 7) is 6.54. The molecule has 0 bridgehead atoms. The summed E-state index contributed by atoms with van der Waals surface area (Å²) in [5.74, 6) is 1.39. The van der Waals surface area contributed by atoms with Crippen molar-refractivity contribution in [3.63, 3.8) is 0 Å². The Bertz CT molecular complexity index is 834. The van der Waals surface area contributed by atoms with Crippen LogP contribution in [0.4, 0.5) is 0 Å². The van der Waals surface area contributed by atoms with E-state index < -0.39 is 0 Å². The molecule has 7 nitrogen and oxygen atoms in total. The highest BCUT2D eigenvalue weighted by Crippen LogP contribution is 2.16. The van der Waals surface area contributed by atoms with E-state index in [1.165, 1.54) is 25.8 Å². The maximum Gasteiger partial charge on any atom is 0.251 e. The van der Waals surface area contributed by atoms with Gasteiger partial charge in [-0.25, -0.2) is 0 Å². The van der Waals surface area contributed by atoms with Crippen LogP contribution >= 0.6 is 0 Å². The van der Waals surface area contributed by atoms with E-state index in [2.05, 4.69) is 32.8 Å². The lowest BCUT2D eigenvalue weighted by molar-refractivity contribution is 0.0948. The van der Waals surface area contributed by atoms with Crippen molar-refractivity contribution in [1.29, 1.82) is 0 Å². The Kier molecular flexibility index (Phi) is 8.97. The van der Waals surface area contributed by atoms with E-state index >= 15 is 0 Å². The summed E-state index contributed by atoms with van der Waals surface area (Å²) in [5.41, 5.74) is 1.65. The predicted molar refractivity (Wildman–Crippen MR) is 124 cm³/mol. The molecule has 1 saturated heterocycles. The number of hydrogen-bond acceptors (Lipinski definition) is 4. The van der Waals surface area contributed by atoms with Crippen molar-refractivity contribution in [2.24, 2.45) is 4.99 Å². The van der Waals surface area contributed by atoms with Gasteiger partial charge >= 0.3 is 0 Å². The smallest absolute Gasteiger partial charge is 0.251 e. The van der Waals surface area contributed by atoms with Crippen LogP contribution in [0.5, 0.6) is 0 Å². The second kappa shape index (κ2) is 12.2. The van der Waals surface area contributed by atoms with Crippen LogP contribution in [-0.2, 0) is 13.1 Å². The van der Waals surface area contributed by atoms with Gasteiger partial charge in [0.1, 0.15) is 5.76 Å². The maximum atomic E-state index is 12.4. The van der Waals surface area contributed by atoms with Gasteiger partial charge in [-0.15, -0.1) is 0 Å². The number of piperidine rings is 1. The number of nitrogens with zero attached hydrogens (tertiary/aromatic N) is 2. The van der Waals surface area contributed by atoms with Gasteiger partial charge in [-0.1, -0.05) is 18.6 Å². The second-order valence-corrected chi connectivity index (χ2v) is 8.05. The third-order valence-electron chi connectivity index (χ3n) is 5.73. The van der Waals surface area contributed by atoms with Crippen molar-refractivity contribution in [1.82, 2.24) is 20.9 Å². The highest BCUT2D eigenvalue weighted by molar-refractivity contribution is 5.94. The van der Waals surface area contributed by atoms with Crippen LogP contribution < -0.4 is 16.0 Å². The first kappa shape index (κ1) is 22.9. The number of furan rings is 1. The summed E-state index contributed by atoms with van der Waals surface area (Å²) in [6.07, 6.45) is 6.69. The highest BCUT2D eigenvalue weighted by atomic mass is 16.3. The molecule has 1 fully saturated rings. The predicted octanol–water partition coefficient (Wildman–Crippen LogP) is 3.14. The molecule has 0 saturated carbocycles. The van der Waals surface area contributed by atoms with Gasteiger partial charge in [0, 0.05) is 38.3 Å². The molecule has 1 aromatic heterocycles. The molecular formula is C24H35N5O2. The summed E-state index contributed by atoms with van der Waals surface area (Å²) in [6, 6.07) is 12.0. The molecule has 1 aliphatic heterocycles. The molecule has 3 N–H and O–H groups in total. The molecule has 1 unspecified atom stereocenters. The Labute approximate surface area is 185 Å². The van der Waals surface area contributed by atoms with Crippen molar-refractivity contribution < 1.29 is 9.21 Å². The van der Waals surface area contributed by atoms with Crippen molar-refractivity contribution in [3.05, 3.63) is 59.5 Å². The van der Waals surface area contributed by atoms with E-state index in [9.17, 15) is 4.79 Å². The molecule has 31 heavy (non-hydrogen) atoms. The zero-order valence-corrected chi connectivity index (χ0v) is 18.7. The zero-order valence-electron chi connectivity index (χ0n) is 18.7. The number of aliphatic imine (C=N–C) groups is 1. The van der Waals surface area contributed by atoms with Gasteiger partial charge < -0.3 is 25.3 Å². The Morgan fingerprint density at radius 3 is 2.84 bits per heavy atom. The molecule has 1 aliphatic rings. The van der Waals surface area contributed by atoms with Gasteiger partial charge in [0.05, 0.1) is 12.8 Å². The third-order valence-corrected chi connectivity index (χ3v) is 5.73. The topological polar surface area (TPSA) is 81.9 Å². The molecule has 1 atom stereocenters. The third kappa shape index (κ3) is 7.43. The fourth-order valence-electron chi connectivity index (χ4n) is 3.89. The van der Waals surface area contributed by atoms with Gasteiger partial charge in [0.15, 0.2) is 5.96 Å². The first-order valence-electron chi connectivity index (χ1n) is 11.2. The van der Waals surface area contributed by atoms with E-state index in [1.54, 1.807) is 13.3 Å². The van der Waals surface area contributed by atoms with E-state index in [-0.39, 0.29) is 5.91 Å². The van der Waals surface area contributed by atoms with Crippen LogP contribution in [0.15, 0.2) is 52.1 Å². The number of carbonyl (C=O) groups excluding carboxylic acids is 1. The Morgan fingerprint density at radius 2 is 2.06 bits per heavy atom. The highest BCUT2D eigenvalue weighted by Gasteiger charge is 2.17. The summed E-state index contributed by atoms with van der Waals surface area (Å²) < 4.78 is 5.25. The number of amides is 1. The largest absolute Gasteiger partial charge is 0.467 e. The number of benzene rings is 1. The minimum absolute atomic E-state index is 0.118. The summed E-state index contributed by atoms with van der Waals surface area (Å²) in [7, 11) is 1.78. The van der Waals surface area contributed by atoms with E-state index in [0.29, 0.717) is 24.7 Å². The van der Waals surface area contributed by atoms with Crippen LogP contribution in [0.3, 0.4) is 0 Å². The van der Waals surface area contributed by atoms with Gasteiger partial charge in [-0.05, 0) is 62.6 Å². The lowest BCUT2D eigenvalue weighted by Gasteiger charge is -2.33. The quantitative estimate of drug-likeness (QED) is 0.327. The van der Waals surface area contributed by atoms with Crippen molar-refractivity contribution in [2.45, 2.75) is 51.7 Å². The molecule has 1 aromatic carbocycles. The number of rotatable bonds is 9. The fourth-order valence-corrected chi connectivity index (χ4v) is 3.89. The average Bonchev–Trinajstić information content (AvgIpc) is 3.32. The SMILES string of the molecule is CN=C(NCCCN1CCCCC1C)NCc1cccc(C(=O)NCc2ccco2)c1. The van der Waals surface area contributed by atoms with Gasteiger partial charge in [0.2, 0.25) is 0 Å². The van der Waals surface area contributed by atoms with E-state index in [4.69, 9.17) is 4.42 Å². The second-order valence-electron chi connectivity index (χ2n) is 8.05. The Hall–Kier alpha value is -2.80. The number of carbonyl (C=O) groups is 1. The summed E-state index contributed by atoms with van der Waals surface area (Å²) >= 11 is 0. The average molecular weight is 426 g/mol. The molecule has 0 aliphatic carbocycles. The Morgan fingerprint density at radius 1 is 1.16 bits per heavy atom. The normalized spacial score (nSPS) is 17.4. The number of likely N-dealkylation sites (tertiary alicyclic amines) is 1. The van der Waals surface area contributed by atoms with Gasteiger partial charge in [-0.2, -0.15) is 0 Å². The van der Waals surface area contributed by atoms with Crippen molar-refractivity contribution >= 4 is 11.9 Å². The molecule has 3 rings (SSSR count). The van der Waals surface area contributed by atoms with Crippen molar-refractivity contribution in [3.8, 4) is 0 Å².